The number of fused-ring (bicyclic) bond motifs is 1. The average molecular weight is 286 g/mol. The highest BCUT2D eigenvalue weighted by Gasteiger charge is 2.53. The number of aromatic nitrogens is 1. The Hall–Kier alpha value is 0.110. The van der Waals surface area contributed by atoms with Gasteiger partial charge in [0.1, 0.15) is 0 Å². The largest absolute Gasteiger partial charge is 0.247 e. The van der Waals surface area contributed by atoms with Crippen molar-refractivity contribution in [2.24, 2.45) is 17.3 Å². The second-order valence-electron chi connectivity index (χ2n) is 5.36. The predicted octanol–water partition coefficient (Wildman–Crippen LogP) is 3.81. The van der Waals surface area contributed by atoms with E-state index < -0.39 is 0 Å². The molecule has 1 aromatic rings. The Kier molecular flexibility index (Phi) is 2.44. The number of halogens is 1. The monoisotopic (exact) mass is 285 g/mol. The molecule has 0 aliphatic heterocycles. The number of alkyl halides is 1. The minimum Gasteiger partial charge on any atom is -0.247 e. The Balaban J connectivity index is 1.75. The fourth-order valence-corrected chi connectivity index (χ4v) is 4.71. The van der Waals surface area contributed by atoms with Crippen molar-refractivity contribution < 1.29 is 0 Å². The molecular weight excluding hydrogens is 270 g/mol. The lowest BCUT2D eigenvalue weighted by Crippen LogP contribution is -2.23. The summed E-state index contributed by atoms with van der Waals surface area (Å²) in [5, 5.41) is 4.67. The van der Waals surface area contributed by atoms with Crippen LogP contribution in [0, 0.1) is 24.2 Å². The average Bonchev–Trinajstić information content (AvgIpc) is 2.65. The number of hydrogen-bond acceptors (Lipinski definition) is 2. The van der Waals surface area contributed by atoms with Crippen LogP contribution in [0.15, 0.2) is 5.38 Å². The molecular formula is C12H16BrNS. The maximum absolute atomic E-state index is 4.60. The highest BCUT2D eigenvalue weighted by atomic mass is 79.9. The second kappa shape index (κ2) is 3.56. The molecule has 0 amide bonds. The Morgan fingerprint density at radius 1 is 1.53 bits per heavy atom. The fourth-order valence-electron chi connectivity index (χ4n) is 3.11. The molecule has 15 heavy (non-hydrogen) atoms. The van der Waals surface area contributed by atoms with Crippen molar-refractivity contribution in [3.8, 4) is 0 Å². The van der Waals surface area contributed by atoms with E-state index in [0.29, 0.717) is 5.41 Å². The smallest absolute Gasteiger partial charge is 0.0933 e. The first-order chi connectivity index (χ1) is 7.21. The van der Waals surface area contributed by atoms with Crippen LogP contribution in [-0.4, -0.2) is 10.3 Å². The molecule has 0 bridgehead atoms. The van der Waals surface area contributed by atoms with E-state index in [1.807, 2.05) is 11.3 Å². The molecule has 2 atom stereocenters. The minimum atomic E-state index is 0.540. The number of rotatable bonds is 3. The third-order valence-corrected chi connectivity index (χ3v) is 6.09. The lowest BCUT2D eigenvalue weighted by molar-refractivity contribution is 0.308. The number of aryl methyl sites for hydroxylation is 1. The van der Waals surface area contributed by atoms with Crippen LogP contribution in [0.25, 0.3) is 0 Å². The van der Waals surface area contributed by atoms with Gasteiger partial charge >= 0.3 is 0 Å². The molecule has 3 heteroatoms. The topological polar surface area (TPSA) is 12.9 Å². The van der Waals surface area contributed by atoms with Gasteiger partial charge < -0.3 is 0 Å². The van der Waals surface area contributed by atoms with Crippen molar-refractivity contribution in [1.29, 1.82) is 0 Å². The van der Waals surface area contributed by atoms with E-state index >= 15 is 0 Å². The molecule has 0 saturated heterocycles. The molecule has 2 unspecified atom stereocenters. The molecule has 1 nitrogen and oxygen atoms in total. The first-order valence-corrected chi connectivity index (χ1v) is 7.68. The lowest BCUT2D eigenvalue weighted by Gasteiger charge is -2.27. The summed E-state index contributed by atoms with van der Waals surface area (Å²) in [5.41, 5.74) is 1.72. The van der Waals surface area contributed by atoms with E-state index in [1.54, 1.807) is 0 Å². The van der Waals surface area contributed by atoms with Gasteiger partial charge in [0.15, 0.2) is 0 Å². The highest BCUT2D eigenvalue weighted by Crippen LogP contribution is 2.61. The lowest BCUT2D eigenvalue weighted by atomic mass is 9.82. The van der Waals surface area contributed by atoms with Crippen LogP contribution in [0.4, 0.5) is 0 Å². The van der Waals surface area contributed by atoms with Crippen molar-refractivity contribution in [2.75, 3.05) is 5.33 Å². The zero-order valence-corrected chi connectivity index (χ0v) is 11.4. The summed E-state index contributed by atoms with van der Waals surface area (Å²) in [6.07, 6.45) is 5.57. The van der Waals surface area contributed by atoms with Crippen molar-refractivity contribution in [1.82, 2.24) is 4.98 Å². The summed E-state index contributed by atoms with van der Waals surface area (Å²) < 4.78 is 0. The summed E-state index contributed by atoms with van der Waals surface area (Å²) in [5.74, 6) is 2.12. The Labute approximate surface area is 103 Å². The van der Waals surface area contributed by atoms with E-state index in [9.17, 15) is 0 Å². The number of hydrogen-bond donors (Lipinski definition) is 0. The molecule has 2 aliphatic rings. The Morgan fingerprint density at radius 2 is 2.27 bits per heavy atom. The van der Waals surface area contributed by atoms with E-state index in [1.165, 1.54) is 36.4 Å². The van der Waals surface area contributed by atoms with Gasteiger partial charge in [0.05, 0.1) is 5.01 Å². The van der Waals surface area contributed by atoms with Gasteiger partial charge in [-0.15, -0.1) is 11.3 Å². The van der Waals surface area contributed by atoms with Gasteiger partial charge in [-0.3, -0.25) is 0 Å². The van der Waals surface area contributed by atoms with Crippen LogP contribution in [0.2, 0.25) is 0 Å². The van der Waals surface area contributed by atoms with Gasteiger partial charge in [-0.25, -0.2) is 4.98 Å². The summed E-state index contributed by atoms with van der Waals surface area (Å²) >= 11 is 5.56. The van der Waals surface area contributed by atoms with Gasteiger partial charge in [-0.2, -0.15) is 0 Å². The molecule has 1 aromatic heterocycles. The highest BCUT2D eigenvalue weighted by molar-refractivity contribution is 9.09. The van der Waals surface area contributed by atoms with Crippen molar-refractivity contribution in [3.63, 3.8) is 0 Å². The van der Waals surface area contributed by atoms with Crippen LogP contribution < -0.4 is 0 Å². The summed E-state index contributed by atoms with van der Waals surface area (Å²) in [6.45, 7) is 2.09. The molecule has 2 saturated carbocycles. The van der Waals surface area contributed by atoms with E-state index in [4.69, 9.17) is 0 Å². The van der Waals surface area contributed by atoms with Crippen LogP contribution in [0.1, 0.15) is 30.0 Å². The zero-order valence-electron chi connectivity index (χ0n) is 9.00. The molecule has 0 radical (unpaired) electrons. The number of thiazole rings is 1. The van der Waals surface area contributed by atoms with Gasteiger partial charge in [0, 0.05) is 22.8 Å². The quantitative estimate of drug-likeness (QED) is 0.770. The predicted molar refractivity (Wildman–Crippen MR) is 67.6 cm³/mol. The summed E-state index contributed by atoms with van der Waals surface area (Å²) in [6, 6.07) is 0. The molecule has 0 aromatic carbocycles. The maximum atomic E-state index is 4.60. The van der Waals surface area contributed by atoms with E-state index in [2.05, 4.69) is 33.2 Å². The van der Waals surface area contributed by atoms with Gasteiger partial charge in [-0.1, -0.05) is 15.9 Å². The molecule has 82 valence electrons. The minimum absolute atomic E-state index is 0.540. The maximum Gasteiger partial charge on any atom is 0.0933 e. The normalized spacial score (nSPS) is 38.0. The first kappa shape index (κ1) is 10.3. The van der Waals surface area contributed by atoms with Crippen LogP contribution in [-0.2, 0) is 6.42 Å². The van der Waals surface area contributed by atoms with E-state index in [-0.39, 0.29) is 0 Å². The molecule has 0 N–H and O–H groups in total. The molecule has 1 heterocycles. The van der Waals surface area contributed by atoms with E-state index in [0.717, 1.165) is 17.2 Å². The van der Waals surface area contributed by atoms with Gasteiger partial charge in [0.25, 0.3) is 0 Å². The Morgan fingerprint density at radius 3 is 2.80 bits per heavy atom. The SMILES string of the molecule is Cc1csc(CC2(CBr)CC3CC3C2)n1. The molecule has 3 rings (SSSR count). The zero-order chi connectivity index (χ0) is 10.5. The van der Waals surface area contributed by atoms with Crippen LogP contribution >= 0.6 is 27.3 Å². The van der Waals surface area contributed by atoms with Crippen LogP contribution in [0.3, 0.4) is 0 Å². The molecule has 2 fully saturated rings. The van der Waals surface area contributed by atoms with Crippen molar-refractivity contribution in [3.05, 3.63) is 16.1 Å². The second-order valence-corrected chi connectivity index (χ2v) is 6.86. The third kappa shape index (κ3) is 1.89. The first-order valence-electron chi connectivity index (χ1n) is 5.68. The Bertz CT molecular complexity index is 363. The van der Waals surface area contributed by atoms with Crippen LogP contribution in [0.5, 0.6) is 0 Å². The number of nitrogens with zero attached hydrogens (tertiary/aromatic N) is 1. The summed E-state index contributed by atoms with van der Waals surface area (Å²) in [7, 11) is 0. The van der Waals surface area contributed by atoms with Gasteiger partial charge in [-0.05, 0) is 43.4 Å². The van der Waals surface area contributed by atoms with Crippen molar-refractivity contribution >= 4 is 27.3 Å². The van der Waals surface area contributed by atoms with Gasteiger partial charge in [0.2, 0.25) is 0 Å². The molecule has 0 spiro atoms. The standard InChI is InChI=1S/C12H16BrNS/c1-8-6-15-11(14-8)5-12(7-13)3-9-2-10(9)4-12/h6,9-10H,2-5,7H2,1H3. The van der Waals surface area contributed by atoms with Crippen molar-refractivity contribution in [2.45, 2.75) is 32.6 Å². The third-order valence-electron chi connectivity index (χ3n) is 3.94. The fraction of sp³-hybridized carbons (Fsp3) is 0.750. The summed E-state index contributed by atoms with van der Waals surface area (Å²) in [4.78, 5) is 4.60. The molecule has 2 aliphatic carbocycles.